The number of nitrogens with one attached hydrogen (secondary N) is 1. The smallest absolute Gasteiger partial charge is 0.270 e. The molecule has 0 saturated carbocycles. The zero-order valence-corrected chi connectivity index (χ0v) is 17.3. The molecule has 2 fully saturated rings. The van der Waals surface area contributed by atoms with Gasteiger partial charge in [-0.25, -0.2) is 0 Å². The Morgan fingerprint density at radius 2 is 1.46 bits per heavy atom. The summed E-state index contributed by atoms with van der Waals surface area (Å²) in [5, 5.41) is 0. The van der Waals surface area contributed by atoms with Gasteiger partial charge in [0.1, 0.15) is 5.69 Å². The van der Waals surface area contributed by atoms with Crippen LogP contribution in [0.25, 0.3) is 0 Å². The fraction of sp³-hybridized carbons (Fsp3) is 0.667. The van der Waals surface area contributed by atoms with E-state index in [-0.39, 0.29) is 17.6 Å². The van der Waals surface area contributed by atoms with Crippen molar-refractivity contribution in [3.05, 3.63) is 22.5 Å². The van der Waals surface area contributed by atoms with E-state index >= 15 is 0 Å². The van der Waals surface area contributed by atoms with E-state index in [0.29, 0.717) is 44.0 Å². The first kappa shape index (κ1) is 20.6. The maximum absolute atomic E-state index is 12.9. The number of Topliss-reactive ketones (excluding diaryl/α,β-unsaturated/α-hetero) is 1. The summed E-state index contributed by atoms with van der Waals surface area (Å²) in [6, 6.07) is 0. The molecule has 7 nitrogen and oxygen atoms in total. The SMILES string of the molecule is CC(=O)c1c(C)[nH]c(C(=O)N2CCN(CC(=O)N3CCCCCC3)CC2)c1C. The summed E-state index contributed by atoms with van der Waals surface area (Å²) in [5.41, 5.74) is 2.60. The number of aryl methyl sites for hydroxylation is 1. The van der Waals surface area contributed by atoms with Crippen LogP contribution in [0, 0.1) is 13.8 Å². The fourth-order valence-corrected chi connectivity index (χ4v) is 4.37. The number of piperazine rings is 1. The summed E-state index contributed by atoms with van der Waals surface area (Å²) in [6.45, 7) is 9.96. The van der Waals surface area contributed by atoms with Crippen molar-refractivity contribution < 1.29 is 14.4 Å². The number of carbonyl (C=O) groups excluding carboxylic acids is 3. The average molecular weight is 389 g/mol. The van der Waals surface area contributed by atoms with Gasteiger partial charge in [0.05, 0.1) is 6.54 Å². The highest BCUT2D eigenvalue weighted by Gasteiger charge is 2.28. The van der Waals surface area contributed by atoms with Gasteiger partial charge in [-0.1, -0.05) is 12.8 Å². The van der Waals surface area contributed by atoms with Crippen LogP contribution < -0.4 is 0 Å². The number of aromatic amines is 1. The first-order chi connectivity index (χ1) is 13.4. The Hall–Kier alpha value is -2.15. The van der Waals surface area contributed by atoms with E-state index in [1.165, 1.54) is 19.8 Å². The second-order valence-corrected chi connectivity index (χ2v) is 8.04. The van der Waals surface area contributed by atoms with Gasteiger partial charge >= 0.3 is 0 Å². The zero-order chi connectivity index (χ0) is 20.3. The number of carbonyl (C=O) groups is 3. The molecule has 0 aliphatic carbocycles. The van der Waals surface area contributed by atoms with Crippen LogP contribution >= 0.6 is 0 Å². The van der Waals surface area contributed by atoms with E-state index in [2.05, 4.69) is 9.88 Å². The lowest BCUT2D eigenvalue weighted by Crippen LogP contribution is -2.51. The highest BCUT2D eigenvalue weighted by atomic mass is 16.2. The number of nitrogens with zero attached hydrogens (tertiary/aromatic N) is 3. The molecule has 7 heteroatoms. The molecule has 1 aromatic rings. The van der Waals surface area contributed by atoms with Crippen molar-refractivity contribution in [3.63, 3.8) is 0 Å². The molecule has 2 amide bonds. The highest BCUT2D eigenvalue weighted by molar-refractivity contribution is 6.02. The van der Waals surface area contributed by atoms with E-state index in [0.717, 1.165) is 37.2 Å². The maximum Gasteiger partial charge on any atom is 0.270 e. The van der Waals surface area contributed by atoms with Crippen LogP contribution in [-0.2, 0) is 4.79 Å². The van der Waals surface area contributed by atoms with Gasteiger partial charge in [-0.05, 0) is 39.2 Å². The van der Waals surface area contributed by atoms with Gasteiger partial charge < -0.3 is 14.8 Å². The Morgan fingerprint density at radius 3 is 2.00 bits per heavy atom. The molecule has 154 valence electrons. The average Bonchev–Trinajstić information content (AvgIpc) is 2.84. The molecule has 0 spiro atoms. The Labute approximate surface area is 167 Å². The number of ketones is 1. The summed E-state index contributed by atoms with van der Waals surface area (Å²) in [5.74, 6) is 0.123. The summed E-state index contributed by atoms with van der Waals surface area (Å²) < 4.78 is 0. The van der Waals surface area contributed by atoms with E-state index in [4.69, 9.17) is 0 Å². The molecule has 0 aromatic carbocycles. The van der Waals surface area contributed by atoms with Crippen LogP contribution in [0.15, 0.2) is 0 Å². The second kappa shape index (κ2) is 8.90. The van der Waals surface area contributed by atoms with Gasteiger partial charge in [0.15, 0.2) is 5.78 Å². The molecule has 1 aromatic heterocycles. The molecule has 2 aliphatic heterocycles. The van der Waals surface area contributed by atoms with E-state index in [9.17, 15) is 14.4 Å². The van der Waals surface area contributed by atoms with Crippen molar-refractivity contribution >= 4 is 17.6 Å². The second-order valence-electron chi connectivity index (χ2n) is 8.04. The van der Waals surface area contributed by atoms with E-state index in [1.807, 2.05) is 23.6 Å². The first-order valence-corrected chi connectivity index (χ1v) is 10.4. The van der Waals surface area contributed by atoms with Gasteiger partial charge in [0.25, 0.3) is 5.91 Å². The molecule has 2 aliphatic rings. The Morgan fingerprint density at radius 1 is 0.857 bits per heavy atom. The summed E-state index contributed by atoms with van der Waals surface area (Å²) in [4.78, 5) is 46.3. The van der Waals surface area contributed by atoms with Crippen LogP contribution in [0.1, 0.15) is 64.7 Å². The minimum Gasteiger partial charge on any atom is -0.354 e. The normalized spacial score (nSPS) is 18.8. The number of H-pyrrole nitrogens is 1. The number of aromatic nitrogens is 1. The minimum absolute atomic E-state index is 0.0258. The van der Waals surface area contributed by atoms with Crippen LogP contribution in [0.2, 0.25) is 0 Å². The standard InChI is InChI=1S/C21H32N4O3/c1-15-19(17(3)26)16(2)22-20(15)21(28)25-12-10-23(11-13-25)14-18(27)24-8-6-4-5-7-9-24/h22H,4-14H2,1-3H3. The first-order valence-electron chi connectivity index (χ1n) is 10.4. The number of amides is 2. The van der Waals surface area contributed by atoms with Crippen molar-refractivity contribution in [2.45, 2.75) is 46.5 Å². The van der Waals surface area contributed by atoms with Gasteiger partial charge in [-0.3, -0.25) is 19.3 Å². The van der Waals surface area contributed by atoms with Crippen molar-refractivity contribution in [1.82, 2.24) is 19.7 Å². The van der Waals surface area contributed by atoms with Gasteiger partial charge in [-0.2, -0.15) is 0 Å². The molecule has 3 rings (SSSR count). The van der Waals surface area contributed by atoms with Gasteiger partial charge in [-0.15, -0.1) is 0 Å². The number of likely N-dealkylation sites (tertiary alicyclic amines) is 1. The quantitative estimate of drug-likeness (QED) is 0.801. The predicted molar refractivity (Wildman–Crippen MR) is 108 cm³/mol. The third-order valence-electron chi connectivity index (χ3n) is 5.98. The molecule has 0 bridgehead atoms. The number of hydrogen-bond donors (Lipinski definition) is 1. The number of hydrogen-bond acceptors (Lipinski definition) is 4. The molecule has 1 N–H and O–H groups in total. The minimum atomic E-state index is -0.0633. The van der Waals surface area contributed by atoms with Crippen molar-refractivity contribution in [2.24, 2.45) is 0 Å². The van der Waals surface area contributed by atoms with Crippen LogP contribution in [-0.4, -0.2) is 83.1 Å². The lowest BCUT2D eigenvalue weighted by atomic mass is 10.1. The summed E-state index contributed by atoms with van der Waals surface area (Å²) >= 11 is 0. The van der Waals surface area contributed by atoms with Gasteiger partial charge in [0.2, 0.25) is 5.91 Å². The summed E-state index contributed by atoms with van der Waals surface area (Å²) in [6.07, 6.45) is 4.64. The Bertz CT molecular complexity index is 739. The molecule has 0 radical (unpaired) electrons. The van der Waals surface area contributed by atoms with E-state index in [1.54, 1.807) is 0 Å². The van der Waals surface area contributed by atoms with Gasteiger partial charge in [0, 0.05) is 50.5 Å². The molecular formula is C21H32N4O3. The largest absolute Gasteiger partial charge is 0.354 e. The van der Waals surface area contributed by atoms with Crippen molar-refractivity contribution in [3.8, 4) is 0 Å². The molecule has 0 atom stereocenters. The number of rotatable bonds is 4. The highest BCUT2D eigenvalue weighted by Crippen LogP contribution is 2.20. The van der Waals surface area contributed by atoms with E-state index < -0.39 is 0 Å². The monoisotopic (exact) mass is 388 g/mol. The van der Waals surface area contributed by atoms with Crippen LogP contribution in [0.3, 0.4) is 0 Å². The van der Waals surface area contributed by atoms with Crippen molar-refractivity contribution in [1.29, 1.82) is 0 Å². The molecule has 0 unspecified atom stereocenters. The van der Waals surface area contributed by atoms with Crippen LogP contribution in [0.4, 0.5) is 0 Å². The maximum atomic E-state index is 12.9. The zero-order valence-electron chi connectivity index (χ0n) is 17.3. The molecule has 28 heavy (non-hydrogen) atoms. The summed E-state index contributed by atoms with van der Waals surface area (Å²) in [7, 11) is 0. The molecular weight excluding hydrogens is 356 g/mol. The third kappa shape index (κ3) is 4.46. The lowest BCUT2D eigenvalue weighted by Gasteiger charge is -2.35. The topological polar surface area (TPSA) is 76.7 Å². The fourth-order valence-electron chi connectivity index (χ4n) is 4.37. The van der Waals surface area contributed by atoms with Crippen LogP contribution in [0.5, 0.6) is 0 Å². The van der Waals surface area contributed by atoms with Crippen molar-refractivity contribution in [2.75, 3.05) is 45.8 Å². The Kier molecular flexibility index (Phi) is 6.54. The molecule has 3 heterocycles. The predicted octanol–water partition coefficient (Wildman–Crippen LogP) is 1.99. The Balaban J connectivity index is 1.55. The lowest BCUT2D eigenvalue weighted by molar-refractivity contribution is -0.132. The third-order valence-corrected chi connectivity index (χ3v) is 5.98. The molecule has 2 saturated heterocycles.